The lowest BCUT2D eigenvalue weighted by molar-refractivity contribution is 0.0202. The Hall–Kier alpha value is -1.30. The van der Waals surface area contributed by atoms with Crippen molar-refractivity contribution in [2.75, 3.05) is 0 Å². The van der Waals surface area contributed by atoms with Crippen molar-refractivity contribution in [3.05, 3.63) is 40.4 Å². The number of benzene rings is 1. The molecule has 0 fully saturated rings. The Morgan fingerprint density at radius 3 is 2.92 bits per heavy atom. The fraction of sp³-hybridized carbons (Fsp3) is 0.529. The molecular weight excluding hydrogens is 349 g/mol. The van der Waals surface area contributed by atoms with E-state index < -0.39 is 6.10 Å². The lowest BCUT2D eigenvalue weighted by Crippen LogP contribution is -2.34. The third kappa shape index (κ3) is 3.85. The third-order valence-electron chi connectivity index (χ3n) is 4.52. The zero-order valence-electron chi connectivity index (χ0n) is 13.7. The number of aliphatic hydroxyl groups excluding tert-OH is 1. The summed E-state index contributed by atoms with van der Waals surface area (Å²) in [5.74, 6) is 0.724. The smallest absolute Gasteiger partial charge is 0.141 e. The molecule has 2 aromatic rings. The van der Waals surface area contributed by atoms with Crippen molar-refractivity contribution in [2.45, 2.75) is 51.9 Å². The van der Waals surface area contributed by atoms with Crippen LogP contribution in [0.2, 0.25) is 10.0 Å². The molecule has 1 aromatic heterocycles. The van der Waals surface area contributed by atoms with Crippen molar-refractivity contribution in [2.24, 2.45) is 5.41 Å². The van der Waals surface area contributed by atoms with Crippen molar-refractivity contribution in [1.29, 1.82) is 0 Å². The molecule has 1 aromatic carbocycles. The summed E-state index contributed by atoms with van der Waals surface area (Å²) in [4.78, 5) is 3.94. The Kier molecular flexibility index (Phi) is 5.04. The zero-order valence-corrected chi connectivity index (χ0v) is 15.3. The predicted molar refractivity (Wildman–Crippen MR) is 93.6 cm³/mol. The second-order valence-electron chi connectivity index (χ2n) is 6.99. The van der Waals surface area contributed by atoms with Crippen LogP contribution in [-0.4, -0.2) is 32.1 Å². The van der Waals surface area contributed by atoms with Crippen molar-refractivity contribution in [3.8, 4) is 5.75 Å². The van der Waals surface area contributed by atoms with Crippen LogP contribution in [0, 0.1) is 5.41 Å². The second kappa shape index (κ2) is 6.90. The zero-order chi connectivity index (χ0) is 17.3. The largest absolute Gasteiger partial charge is 0.488 e. The number of hydrogen-bond donors (Lipinski definition) is 1. The number of rotatable bonds is 6. The van der Waals surface area contributed by atoms with E-state index >= 15 is 0 Å². The van der Waals surface area contributed by atoms with Gasteiger partial charge in [0.25, 0.3) is 0 Å². The molecule has 0 aliphatic carbocycles. The van der Waals surface area contributed by atoms with Crippen LogP contribution in [0.25, 0.3) is 0 Å². The highest BCUT2D eigenvalue weighted by atomic mass is 35.5. The van der Waals surface area contributed by atoms with Crippen LogP contribution in [0.1, 0.15) is 32.3 Å². The summed E-state index contributed by atoms with van der Waals surface area (Å²) in [6, 6.07) is 3.59. The van der Waals surface area contributed by atoms with Gasteiger partial charge in [-0.15, -0.1) is 0 Å². The molecule has 2 heterocycles. The van der Waals surface area contributed by atoms with Gasteiger partial charge in [0.1, 0.15) is 24.5 Å². The summed E-state index contributed by atoms with van der Waals surface area (Å²) in [6.07, 6.45) is 4.89. The van der Waals surface area contributed by atoms with Crippen LogP contribution in [0.5, 0.6) is 5.75 Å². The Morgan fingerprint density at radius 1 is 1.42 bits per heavy atom. The molecule has 0 saturated carbocycles. The van der Waals surface area contributed by atoms with Crippen LogP contribution in [0.15, 0.2) is 24.8 Å². The fourth-order valence-electron chi connectivity index (χ4n) is 3.08. The average Bonchev–Trinajstić information content (AvgIpc) is 3.13. The Bertz CT molecular complexity index is 704. The minimum absolute atomic E-state index is 0.0211. The molecule has 2 unspecified atom stereocenters. The molecular formula is C17H21Cl2N3O2. The minimum Gasteiger partial charge on any atom is -0.488 e. The van der Waals surface area contributed by atoms with Crippen LogP contribution in [0.4, 0.5) is 0 Å². The van der Waals surface area contributed by atoms with Crippen LogP contribution >= 0.6 is 23.2 Å². The first-order valence-corrected chi connectivity index (χ1v) is 8.76. The highest BCUT2D eigenvalue weighted by Gasteiger charge is 2.31. The maximum absolute atomic E-state index is 10.6. The lowest BCUT2D eigenvalue weighted by Gasteiger charge is -2.30. The number of fused-ring (bicyclic) bond motifs is 1. The van der Waals surface area contributed by atoms with Gasteiger partial charge in [0.05, 0.1) is 17.7 Å². The summed E-state index contributed by atoms with van der Waals surface area (Å²) < 4.78 is 7.68. The van der Waals surface area contributed by atoms with Gasteiger partial charge < -0.3 is 9.84 Å². The predicted octanol–water partition coefficient (Wildman–Crippen LogP) is 3.76. The number of aliphatic hydroxyl groups is 1. The second-order valence-corrected chi connectivity index (χ2v) is 7.84. The Morgan fingerprint density at radius 2 is 2.21 bits per heavy atom. The van der Waals surface area contributed by atoms with Crippen LogP contribution < -0.4 is 4.74 Å². The third-order valence-corrected chi connectivity index (χ3v) is 5.02. The molecule has 2 atom stereocenters. The molecule has 130 valence electrons. The average molecular weight is 370 g/mol. The Balaban J connectivity index is 1.55. The van der Waals surface area contributed by atoms with Gasteiger partial charge in [0, 0.05) is 22.4 Å². The highest BCUT2D eigenvalue weighted by Crippen LogP contribution is 2.39. The van der Waals surface area contributed by atoms with E-state index in [1.807, 2.05) is 19.9 Å². The van der Waals surface area contributed by atoms with Gasteiger partial charge in [-0.1, -0.05) is 37.0 Å². The normalized spacial score (nSPS) is 18.3. The van der Waals surface area contributed by atoms with E-state index in [0.29, 0.717) is 23.0 Å². The molecule has 1 N–H and O–H groups in total. The molecule has 0 radical (unpaired) electrons. The SMILES string of the molecule is CC(C)(Cn1cncn1)C(O)CCC1Cc2cc(Cl)cc(Cl)c2O1. The van der Waals surface area contributed by atoms with E-state index in [1.165, 1.54) is 6.33 Å². The molecule has 0 spiro atoms. The molecule has 5 nitrogen and oxygen atoms in total. The maximum Gasteiger partial charge on any atom is 0.141 e. The molecule has 1 aliphatic rings. The van der Waals surface area contributed by atoms with Gasteiger partial charge >= 0.3 is 0 Å². The van der Waals surface area contributed by atoms with E-state index in [0.717, 1.165) is 24.2 Å². The Labute approximate surface area is 151 Å². The standard InChI is InChI=1S/C17H21Cl2N3O2/c1-17(2,8-22-10-20-9-21-22)15(23)4-3-13-6-11-5-12(18)7-14(19)16(11)24-13/h5,7,9-10,13,15,23H,3-4,6,8H2,1-2H3. The van der Waals surface area contributed by atoms with Gasteiger partial charge in [-0.2, -0.15) is 5.10 Å². The summed E-state index contributed by atoms with van der Waals surface area (Å²) in [5.41, 5.74) is 0.731. The summed E-state index contributed by atoms with van der Waals surface area (Å²) in [6.45, 7) is 4.67. The van der Waals surface area contributed by atoms with Gasteiger partial charge in [0.15, 0.2) is 0 Å². The maximum atomic E-state index is 10.6. The van der Waals surface area contributed by atoms with Gasteiger partial charge in [0.2, 0.25) is 0 Å². The van der Waals surface area contributed by atoms with E-state index in [1.54, 1.807) is 17.1 Å². The van der Waals surface area contributed by atoms with E-state index in [4.69, 9.17) is 27.9 Å². The number of hydrogen-bond acceptors (Lipinski definition) is 4. The molecule has 7 heteroatoms. The first kappa shape index (κ1) is 17.5. The highest BCUT2D eigenvalue weighted by molar-refractivity contribution is 6.35. The fourth-order valence-corrected chi connectivity index (χ4v) is 3.66. The van der Waals surface area contributed by atoms with Crippen molar-refractivity contribution in [1.82, 2.24) is 14.8 Å². The summed E-state index contributed by atoms with van der Waals surface area (Å²) in [5, 5.41) is 15.9. The number of ether oxygens (including phenoxy) is 1. The molecule has 3 rings (SSSR count). The lowest BCUT2D eigenvalue weighted by atomic mass is 9.83. The quantitative estimate of drug-likeness (QED) is 0.841. The molecule has 1 aliphatic heterocycles. The van der Waals surface area contributed by atoms with E-state index in [2.05, 4.69) is 10.1 Å². The number of nitrogens with zero attached hydrogens (tertiary/aromatic N) is 3. The molecule has 0 amide bonds. The van der Waals surface area contributed by atoms with E-state index in [9.17, 15) is 5.11 Å². The molecule has 24 heavy (non-hydrogen) atoms. The van der Waals surface area contributed by atoms with Crippen LogP contribution in [0.3, 0.4) is 0 Å². The van der Waals surface area contributed by atoms with E-state index in [-0.39, 0.29) is 11.5 Å². The first-order chi connectivity index (χ1) is 11.3. The monoisotopic (exact) mass is 369 g/mol. The number of halogens is 2. The van der Waals surface area contributed by atoms with Gasteiger partial charge in [-0.05, 0) is 25.0 Å². The summed E-state index contributed by atoms with van der Waals surface area (Å²) >= 11 is 12.2. The molecule has 0 saturated heterocycles. The molecule has 0 bridgehead atoms. The first-order valence-electron chi connectivity index (χ1n) is 8.00. The van der Waals surface area contributed by atoms with Crippen LogP contribution in [-0.2, 0) is 13.0 Å². The van der Waals surface area contributed by atoms with Crippen molar-refractivity contribution in [3.63, 3.8) is 0 Å². The van der Waals surface area contributed by atoms with Crippen molar-refractivity contribution < 1.29 is 9.84 Å². The van der Waals surface area contributed by atoms with Crippen molar-refractivity contribution >= 4 is 23.2 Å². The topological polar surface area (TPSA) is 60.2 Å². The van der Waals surface area contributed by atoms with Gasteiger partial charge in [-0.25, -0.2) is 4.98 Å². The summed E-state index contributed by atoms with van der Waals surface area (Å²) in [7, 11) is 0. The number of aromatic nitrogens is 3. The minimum atomic E-state index is -0.465. The van der Waals surface area contributed by atoms with Gasteiger partial charge in [-0.3, -0.25) is 4.68 Å².